The molecule has 0 aliphatic carbocycles. The lowest BCUT2D eigenvalue weighted by atomic mass is 9.88. The van der Waals surface area contributed by atoms with E-state index >= 15 is 0 Å². The molecule has 200 valence electrons. The Morgan fingerprint density at radius 1 is 1.16 bits per heavy atom. The number of hydrogen-bond acceptors (Lipinski definition) is 5. The van der Waals surface area contributed by atoms with Crippen molar-refractivity contribution in [1.29, 1.82) is 0 Å². The summed E-state index contributed by atoms with van der Waals surface area (Å²) in [6.45, 7) is 19.0. The average Bonchev–Trinajstić information content (AvgIpc) is 3.40. The molecule has 0 radical (unpaired) electrons. The third-order valence-electron chi connectivity index (χ3n) is 6.82. The van der Waals surface area contributed by atoms with E-state index in [2.05, 4.69) is 103 Å². The number of aliphatic imine (C=N–C) groups is 1. The third-order valence-corrected chi connectivity index (χ3v) is 6.82. The van der Waals surface area contributed by atoms with Crippen molar-refractivity contribution in [3.05, 3.63) is 76.6 Å². The Hall–Kier alpha value is -3.87. The number of aromatic amines is 1. The van der Waals surface area contributed by atoms with Crippen LogP contribution in [-0.4, -0.2) is 31.8 Å². The molecule has 2 N–H and O–H groups in total. The maximum atomic E-state index is 12.6. The highest BCUT2D eigenvalue weighted by molar-refractivity contribution is 6.38. The summed E-state index contributed by atoms with van der Waals surface area (Å²) in [7, 11) is 0. The third kappa shape index (κ3) is 7.12. The van der Waals surface area contributed by atoms with Crippen molar-refractivity contribution in [3.63, 3.8) is 0 Å². The molecule has 0 aliphatic rings. The van der Waals surface area contributed by atoms with E-state index in [4.69, 9.17) is 0 Å². The summed E-state index contributed by atoms with van der Waals surface area (Å²) in [5, 5.41) is 9.91. The van der Waals surface area contributed by atoms with Crippen molar-refractivity contribution in [2.24, 2.45) is 10.4 Å². The number of carbonyl (C=O) groups is 1. The van der Waals surface area contributed by atoms with Gasteiger partial charge < -0.3 is 5.32 Å². The molecule has 3 rings (SSSR count). The quantitative estimate of drug-likeness (QED) is 0.321. The van der Waals surface area contributed by atoms with Crippen molar-refractivity contribution in [2.45, 2.75) is 74.8 Å². The second-order valence-corrected chi connectivity index (χ2v) is 11.1. The van der Waals surface area contributed by atoms with E-state index in [-0.39, 0.29) is 17.2 Å². The second kappa shape index (κ2) is 12.1. The highest BCUT2D eigenvalue weighted by atomic mass is 16.1. The number of hydrogen-bond donors (Lipinski definition) is 2. The van der Waals surface area contributed by atoms with Gasteiger partial charge in [-0.25, -0.2) is 9.97 Å². The van der Waals surface area contributed by atoms with Crippen LogP contribution in [0.1, 0.15) is 89.3 Å². The van der Waals surface area contributed by atoms with Crippen LogP contribution in [0.25, 0.3) is 22.9 Å². The van der Waals surface area contributed by atoms with E-state index in [1.807, 2.05) is 13.1 Å². The van der Waals surface area contributed by atoms with Crippen LogP contribution < -0.4 is 5.32 Å². The Balaban J connectivity index is 1.82. The minimum atomic E-state index is -0.172. The monoisotopic (exact) mass is 512 g/mol. The van der Waals surface area contributed by atoms with Crippen molar-refractivity contribution in [1.82, 2.24) is 25.5 Å². The zero-order chi connectivity index (χ0) is 28.0. The number of benzene rings is 1. The minimum absolute atomic E-state index is 0.0218. The molecule has 0 bridgehead atoms. The van der Waals surface area contributed by atoms with Gasteiger partial charge in [-0.3, -0.25) is 14.9 Å². The van der Waals surface area contributed by atoms with Crippen LogP contribution in [0.5, 0.6) is 0 Å². The van der Waals surface area contributed by atoms with Crippen molar-refractivity contribution >= 4 is 23.3 Å². The maximum Gasteiger partial charge on any atom is 0.265 e. The fourth-order valence-electron chi connectivity index (χ4n) is 3.87. The number of rotatable bonds is 8. The van der Waals surface area contributed by atoms with Gasteiger partial charge in [0.25, 0.3) is 5.91 Å². The van der Waals surface area contributed by atoms with Crippen LogP contribution in [0.3, 0.4) is 0 Å². The van der Waals surface area contributed by atoms with Crippen LogP contribution in [-0.2, 0) is 11.3 Å². The summed E-state index contributed by atoms with van der Waals surface area (Å²) in [6, 6.07) is 6.25. The zero-order valence-electron chi connectivity index (χ0n) is 24.1. The highest BCUT2D eigenvalue weighted by Crippen LogP contribution is 2.32. The van der Waals surface area contributed by atoms with Crippen LogP contribution in [0, 0.1) is 12.3 Å². The fraction of sp³-hybridized carbons (Fsp3) is 0.387. The lowest BCUT2D eigenvalue weighted by Gasteiger charge is -2.18. The molecule has 3 aromatic rings. The SMILES string of the molecule is C/C(=C\c1ncnc(-c2ccc(CNC(=O)/C(C)=N/C=C(\C)C(C)(C)C)c(C)c2)c1C(C)C)c1cn[nH]c1. The number of nitrogens with zero attached hydrogens (tertiary/aromatic N) is 4. The first kappa shape index (κ1) is 28.7. The normalized spacial score (nSPS) is 13.3. The molecular formula is C31H40N6O. The second-order valence-electron chi connectivity index (χ2n) is 11.1. The molecule has 7 nitrogen and oxygen atoms in total. The van der Waals surface area contributed by atoms with E-state index in [1.165, 1.54) is 0 Å². The molecule has 1 amide bonds. The number of allylic oxidation sites excluding steroid dienone is 2. The zero-order valence-corrected chi connectivity index (χ0v) is 24.1. The van der Waals surface area contributed by atoms with Crippen molar-refractivity contribution < 1.29 is 4.79 Å². The van der Waals surface area contributed by atoms with Gasteiger partial charge in [-0.15, -0.1) is 0 Å². The molecule has 0 saturated carbocycles. The number of nitrogens with one attached hydrogen (secondary N) is 2. The summed E-state index contributed by atoms with van der Waals surface area (Å²) in [5.41, 5.74) is 9.78. The number of H-pyrrole nitrogens is 1. The molecule has 38 heavy (non-hydrogen) atoms. The molecule has 0 aliphatic heterocycles. The van der Waals surface area contributed by atoms with Gasteiger partial charge >= 0.3 is 0 Å². The molecule has 0 unspecified atom stereocenters. The summed E-state index contributed by atoms with van der Waals surface area (Å²) in [4.78, 5) is 26.2. The molecule has 1 aromatic carbocycles. The van der Waals surface area contributed by atoms with E-state index in [9.17, 15) is 4.79 Å². The first-order valence-electron chi connectivity index (χ1n) is 13.0. The predicted octanol–water partition coefficient (Wildman–Crippen LogP) is 6.89. The number of aryl methyl sites for hydroxylation is 1. The first-order chi connectivity index (χ1) is 17.9. The largest absolute Gasteiger partial charge is 0.347 e. The summed E-state index contributed by atoms with van der Waals surface area (Å²) in [6.07, 6.45) is 9.17. The van der Waals surface area contributed by atoms with Crippen molar-refractivity contribution in [2.75, 3.05) is 0 Å². The van der Waals surface area contributed by atoms with Gasteiger partial charge in [0.15, 0.2) is 0 Å². The lowest BCUT2D eigenvalue weighted by Crippen LogP contribution is -2.29. The topological polar surface area (TPSA) is 95.9 Å². The molecule has 2 aromatic heterocycles. The molecule has 7 heteroatoms. The van der Waals surface area contributed by atoms with Crippen LogP contribution >= 0.6 is 0 Å². The molecule has 0 saturated heterocycles. The molecule has 0 spiro atoms. The smallest absolute Gasteiger partial charge is 0.265 e. The molecule has 2 heterocycles. The van der Waals surface area contributed by atoms with Crippen LogP contribution in [0.4, 0.5) is 0 Å². The average molecular weight is 513 g/mol. The van der Waals surface area contributed by atoms with Gasteiger partial charge in [0.1, 0.15) is 12.0 Å². The van der Waals surface area contributed by atoms with Gasteiger partial charge in [-0.1, -0.05) is 46.8 Å². The van der Waals surface area contributed by atoms with Crippen molar-refractivity contribution in [3.8, 4) is 11.3 Å². The van der Waals surface area contributed by atoms with Gasteiger partial charge in [0.2, 0.25) is 0 Å². The van der Waals surface area contributed by atoms with Gasteiger partial charge in [0.05, 0.1) is 17.6 Å². The minimum Gasteiger partial charge on any atom is -0.347 e. The fourth-order valence-corrected chi connectivity index (χ4v) is 3.87. The predicted molar refractivity (Wildman–Crippen MR) is 157 cm³/mol. The van der Waals surface area contributed by atoms with Crippen LogP contribution in [0.2, 0.25) is 0 Å². The Kier molecular flexibility index (Phi) is 9.15. The molecule has 0 fully saturated rings. The van der Waals surface area contributed by atoms with E-state index < -0.39 is 0 Å². The summed E-state index contributed by atoms with van der Waals surface area (Å²) in [5.74, 6) is 0.0563. The molecule has 0 atom stereocenters. The standard InChI is InChI=1S/C31H40N6O/c1-19(2)28-27(13-21(4)26-16-36-37-17-26)34-18-35-29(28)24-10-11-25(20(3)12-24)15-33-30(38)23(6)32-14-22(5)31(7,8)9/h10-14,16-19H,15H2,1-9H3,(H,33,38)(H,36,37)/b21-13+,22-14+,32-23+. The molecular weight excluding hydrogens is 472 g/mol. The number of aromatic nitrogens is 4. The van der Waals surface area contributed by atoms with E-state index in [0.29, 0.717) is 12.3 Å². The Bertz CT molecular complexity index is 1370. The maximum absolute atomic E-state index is 12.6. The number of amides is 1. The highest BCUT2D eigenvalue weighted by Gasteiger charge is 2.17. The number of carbonyl (C=O) groups excluding carboxylic acids is 1. The summed E-state index contributed by atoms with van der Waals surface area (Å²) < 4.78 is 0. The van der Waals surface area contributed by atoms with Gasteiger partial charge in [-0.2, -0.15) is 5.10 Å². The van der Waals surface area contributed by atoms with Crippen LogP contribution in [0.15, 0.2) is 53.7 Å². The lowest BCUT2D eigenvalue weighted by molar-refractivity contribution is -0.115. The first-order valence-corrected chi connectivity index (χ1v) is 13.0. The Morgan fingerprint density at radius 3 is 2.50 bits per heavy atom. The Labute approximate surface area is 226 Å². The van der Waals surface area contributed by atoms with Gasteiger partial charge in [-0.05, 0) is 73.4 Å². The summed E-state index contributed by atoms with van der Waals surface area (Å²) >= 11 is 0. The Morgan fingerprint density at radius 2 is 1.89 bits per heavy atom. The van der Waals surface area contributed by atoms with E-state index in [1.54, 1.807) is 25.6 Å². The van der Waals surface area contributed by atoms with E-state index in [0.717, 1.165) is 50.4 Å². The van der Waals surface area contributed by atoms with Gasteiger partial charge in [0, 0.05) is 35.6 Å².